The summed E-state index contributed by atoms with van der Waals surface area (Å²) in [5.41, 5.74) is 0.310. The summed E-state index contributed by atoms with van der Waals surface area (Å²) in [6.45, 7) is 3.66. The van der Waals surface area contributed by atoms with Crippen LogP contribution in [0.25, 0.3) is 0 Å². The molecule has 0 bridgehead atoms. The van der Waals surface area contributed by atoms with E-state index >= 15 is 0 Å². The fraction of sp³-hybridized carbons (Fsp3) is 0.611. The molecule has 0 saturated carbocycles. The SMILES string of the molecule is CCC1(O)COC2(CN(C(=O)CCCc3ccccc3)C2)C1. The second-order valence-corrected chi connectivity index (χ2v) is 6.82. The average molecular weight is 303 g/mol. The Labute approximate surface area is 132 Å². The molecule has 120 valence electrons. The molecule has 0 aromatic heterocycles. The maximum Gasteiger partial charge on any atom is 0.222 e. The average Bonchev–Trinajstić information content (AvgIpc) is 2.86. The number of ether oxygens (including phenoxy) is 1. The van der Waals surface area contributed by atoms with Crippen LogP contribution in [0.15, 0.2) is 30.3 Å². The maximum absolute atomic E-state index is 12.2. The molecular formula is C18H25NO3. The Kier molecular flexibility index (Phi) is 4.24. The molecule has 0 aliphatic carbocycles. The maximum atomic E-state index is 12.2. The first-order valence-corrected chi connectivity index (χ1v) is 8.22. The lowest BCUT2D eigenvalue weighted by Gasteiger charge is -2.47. The molecule has 2 heterocycles. The van der Waals surface area contributed by atoms with Crippen LogP contribution in [-0.2, 0) is 16.0 Å². The Balaban J connectivity index is 1.41. The van der Waals surface area contributed by atoms with E-state index in [1.54, 1.807) is 0 Å². The lowest BCUT2D eigenvalue weighted by molar-refractivity contribution is -0.157. The molecule has 1 N–H and O–H groups in total. The minimum absolute atomic E-state index is 0.206. The number of aliphatic hydroxyl groups is 1. The van der Waals surface area contributed by atoms with Crippen molar-refractivity contribution in [1.29, 1.82) is 0 Å². The summed E-state index contributed by atoms with van der Waals surface area (Å²) in [6, 6.07) is 10.3. The number of carbonyl (C=O) groups excluding carboxylic acids is 1. The van der Waals surface area contributed by atoms with Gasteiger partial charge in [0.15, 0.2) is 0 Å². The molecule has 2 fully saturated rings. The van der Waals surface area contributed by atoms with Crippen LogP contribution in [0.3, 0.4) is 0 Å². The highest BCUT2D eigenvalue weighted by molar-refractivity contribution is 5.77. The summed E-state index contributed by atoms with van der Waals surface area (Å²) in [6.07, 6.45) is 3.77. The van der Waals surface area contributed by atoms with Gasteiger partial charge in [-0.25, -0.2) is 0 Å². The standard InChI is InChI=1S/C18H25NO3/c1-2-17(21)11-18(22-14-17)12-19(13-18)16(20)10-6-9-15-7-4-3-5-8-15/h3-5,7-8,21H,2,6,9-14H2,1H3. The third kappa shape index (κ3) is 3.18. The van der Waals surface area contributed by atoms with Crippen molar-refractivity contribution >= 4 is 5.91 Å². The van der Waals surface area contributed by atoms with E-state index < -0.39 is 5.60 Å². The van der Waals surface area contributed by atoms with Gasteiger partial charge in [-0.2, -0.15) is 0 Å². The largest absolute Gasteiger partial charge is 0.387 e. The van der Waals surface area contributed by atoms with Crippen LogP contribution in [0.2, 0.25) is 0 Å². The second-order valence-electron chi connectivity index (χ2n) is 6.82. The van der Waals surface area contributed by atoms with Gasteiger partial charge in [-0.15, -0.1) is 0 Å². The zero-order valence-corrected chi connectivity index (χ0v) is 13.3. The van der Waals surface area contributed by atoms with Gasteiger partial charge in [0.05, 0.1) is 25.3 Å². The van der Waals surface area contributed by atoms with Crippen molar-refractivity contribution in [3.05, 3.63) is 35.9 Å². The van der Waals surface area contributed by atoms with Crippen LogP contribution in [0, 0.1) is 0 Å². The molecule has 0 radical (unpaired) electrons. The Hall–Kier alpha value is -1.39. The van der Waals surface area contributed by atoms with Crippen LogP contribution >= 0.6 is 0 Å². The fourth-order valence-electron chi connectivity index (χ4n) is 3.49. The molecule has 3 rings (SSSR count). The Morgan fingerprint density at radius 3 is 2.68 bits per heavy atom. The predicted octanol–water partition coefficient (Wildman–Crippen LogP) is 2.15. The van der Waals surface area contributed by atoms with Crippen LogP contribution in [0.1, 0.15) is 38.2 Å². The Morgan fingerprint density at radius 2 is 2.05 bits per heavy atom. The van der Waals surface area contributed by atoms with Gasteiger partial charge in [0.2, 0.25) is 5.91 Å². The molecule has 1 amide bonds. The molecule has 2 aliphatic rings. The lowest BCUT2D eigenvalue weighted by Crippen LogP contribution is -2.63. The van der Waals surface area contributed by atoms with Crippen molar-refractivity contribution in [3.63, 3.8) is 0 Å². The van der Waals surface area contributed by atoms with Gasteiger partial charge in [0, 0.05) is 12.8 Å². The molecule has 22 heavy (non-hydrogen) atoms. The number of rotatable bonds is 5. The molecule has 1 aromatic rings. The number of nitrogens with zero attached hydrogens (tertiary/aromatic N) is 1. The molecule has 4 nitrogen and oxygen atoms in total. The van der Waals surface area contributed by atoms with E-state index in [1.165, 1.54) is 5.56 Å². The summed E-state index contributed by atoms with van der Waals surface area (Å²) in [7, 11) is 0. The number of likely N-dealkylation sites (tertiary alicyclic amines) is 1. The van der Waals surface area contributed by atoms with Crippen molar-refractivity contribution in [2.24, 2.45) is 0 Å². The van der Waals surface area contributed by atoms with Crippen LogP contribution < -0.4 is 0 Å². The van der Waals surface area contributed by atoms with Crippen LogP contribution in [-0.4, -0.2) is 46.8 Å². The number of carbonyl (C=O) groups is 1. The van der Waals surface area contributed by atoms with Gasteiger partial charge >= 0.3 is 0 Å². The highest BCUT2D eigenvalue weighted by Gasteiger charge is 2.55. The quantitative estimate of drug-likeness (QED) is 0.907. The number of amides is 1. The van der Waals surface area contributed by atoms with Gasteiger partial charge in [-0.3, -0.25) is 4.79 Å². The highest BCUT2D eigenvalue weighted by atomic mass is 16.5. The van der Waals surface area contributed by atoms with Crippen LogP contribution in [0.4, 0.5) is 0 Å². The Morgan fingerprint density at radius 1 is 1.32 bits per heavy atom. The zero-order chi connectivity index (χ0) is 15.6. The zero-order valence-electron chi connectivity index (χ0n) is 13.3. The third-order valence-corrected chi connectivity index (χ3v) is 4.97. The van der Waals surface area contributed by atoms with Gasteiger partial charge in [-0.05, 0) is 24.8 Å². The third-order valence-electron chi connectivity index (χ3n) is 4.97. The number of benzene rings is 1. The van der Waals surface area contributed by atoms with E-state index in [9.17, 15) is 9.90 Å². The van der Waals surface area contributed by atoms with Crippen molar-refractivity contribution in [2.45, 2.75) is 50.2 Å². The summed E-state index contributed by atoms with van der Waals surface area (Å²) in [5, 5.41) is 10.3. The molecule has 1 spiro atoms. The summed E-state index contributed by atoms with van der Waals surface area (Å²) in [4.78, 5) is 14.1. The normalized spacial score (nSPS) is 26.2. The van der Waals surface area contributed by atoms with E-state index in [-0.39, 0.29) is 11.5 Å². The molecule has 1 unspecified atom stereocenters. The Bertz CT molecular complexity index is 524. The smallest absolute Gasteiger partial charge is 0.222 e. The molecular weight excluding hydrogens is 278 g/mol. The monoisotopic (exact) mass is 303 g/mol. The minimum Gasteiger partial charge on any atom is -0.387 e. The molecule has 4 heteroatoms. The highest BCUT2D eigenvalue weighted by Crippen LogP contribution is 2.41. The number of hydrogen-bond donors (Lipinski definition) is 1. The van der Waals surface area contributed by atoms with Crippen LogP contribution in [0.5, 0.6) is 0 Å². The van der Waals surface area contributed by atoms with Crippen molar-refractivity contribution in [3.8, 4) is 0 Å². The lowest BCUT2D eigenvalue weighted by atomic mass is 9.83. The molecule has 2 aliphatic heterocycles. The first kappa shape index (κ1) is 15.5. The van der Waals surface area contributed by atoms with E-state index in [2.05, 4.69) is 12.1 Å². The molecule has 1 atom stereocenters. The van der Waals surface area contributed by atoms with Gasteiger partial charge < -0.3 is 14.7 Å². The number of hydrogen-bond acceptors (Lipinski definition) is 3. The first-order valence-electron chi connectivity index (χ1n) is 8.22. The topological polar surface area (TPSA) is 49.8 Å². The molecule has 1 aromatic carbocycles. The fourth-order valence-corrected chi connectivity index (χ4v) is 3.49. The van der Waals surface area contributed by atoms with E-state index in [0.29, 0.717) is 39.0 Å². The summed E-state index contributed by atoms with van der Waals surface area (Å²) in [5.74, 6) is 0.206. The van der Waals surface area contributed by atoms with Crippen molar-refractivity contribution in [2.75, 3.05) is 19.7 Å². The number of aryl methyl sites for hydroxylation is 1. The summed E-state index contributed by atoms with van der Waals surface area (Å²) < 4.78 is 5.79. The molecule has 2 saturated heterocycles. The summed E-state index contributed by atoms with van der Waals surface area (Å²) >= 11 is 0. The van der Waals surface area contributed by atoms with Gasteiger partial charge in [0.1, 0.15) is 5.60 Å². The van der Waals surface area contributed by atoms with Gasteiger partial charge in [-0.1, -0.05) is 37.3 Å². The van der Waals surface area contributed by atoms with Gasteiger partial charge in [0.25, 0.3) is 0 Å². The minimum atomic E-state index is -0.692. The van der Waals surface area contributed by atoms with E-state index in [4.69, 9.17) is 4.74 Å². The van der Waals surface area contributed by atoms with Crippen molar-refractivity contribution in [1.82, 2.24) is 4.90 Å². The van der Waals surface area contributed by atoms with E-state index in [1.807, 2.05) is 30.0 Å². The van der Waals surface area contributed by atoms with Crippen molar-refractivity contribution < 1.29 is 14.6 Å². The van der Waals surface area contributed by atoms with E-state index in [0.717, 1.165) is 12.8 Å². The first-order chi connectivity index (χ1) is 10.5. The second kappa shape index (κ2) is 6.01. The predicted molar refractivity (Wildman–Crippen MR) is 84.5 cm³/mol.